The zero-order valence-corrected chi connectivity index (χ0v) is 8.50. The van der Waals surface area contributed by atoms with E-state index in [1.54, 1.807) is 0 Å². The summed E-state index contributed by atoms with van der Waals surface area (Å²) in [6, 6.07) is 0. The van der Waals surface area contributed by atoms with Crippen molar-refractivity contribution in [1.82, 2.24) is 9.78 Å². The first kappa shape index (κ1) is 14.5. The number of hydrogen-bond acceptors (Lipinski definition) is 2. The Hall–Kier alpha value is -1.55. The molecule has 0 saturated carbocycles. The molecule has 104 valence electrons. The number of nitrogens with two attached hydrogens (primary N) is 1. The zero-order valence-electron chi connectivity index (χ0n) is 8.50. The van der Waals surface area contributed by atoms with Gasteiger partial charge in [0.1, 0.15) is 11.4 Å². The second-order valence-corrected chi connectivity index (χ2v) is 3.30. The zero-order chi connectivity index (χ0) is 14.5. The van der Waals surface area contributed by atoms with Crippen LogP contribution in [0.15, 0.2) is 0 Å². The van der Waals surface area contributed by atoms with Crippen LogP contribution in [-0.2, 0) is 19.1 Å². The second kappa shape index (κ2) is 3.72. The van der Waals surface area contributed by atoms with Crippen molar-refractivity contribution in [3.63, 3.8) is 0 Å². The fraction of sp³-hybridized carbons (Fsp3) is 0.571. The first-order valence-electron chi connectivity index (χ1n) is 4.14. The smallest absolute Gasteiger partial charge is 0.383 e. The lowest BCUT2D eigenvalue weighted by atomic mass is 10.1. The molecular formula is C7H5F8N3. The molecule has 0 fully saturated rings. The molecule has 0 aliphatic rings. The van der Waals surface area contributed by atoms with Crippen LogP contribution in [0.4, 0.5) is 40.9 Å². The van der Waals surface area contributed by atoms with E-state index in [1.807, 2.05) is 0 Å². The van der Waals surface area contributed by atoms with Crippen molar-refractivity contribution in [3.05, 3.63) is 11.3 Å². The van der Waals surface area contributed by atoms with Gasteiger partial charge in [-0.15, -0.1) is 0 Å². The number of halogens is 8. The predicted octanol–water partition coefficient (Wildman–Crippen LogP) is 2.68. The molecule has 1 heterocycles. The van der Waals surface area contributed by atoms with Gasteiger partial charge >= 0.3 is 18.3 Å². The van der Waals surface area contributed by atoms with Crippen LogP contribution in [0.3, 0.4) is 0 Å². The molecule has 0 amide bonds. The summed E-state index contributed by atoms with van der Waals surface area (Å²) >= 11 is 0. The highest BCUT2D eigenvalue weighted by molar-refractivity contribution is 5.47. The van der Waals surface area contributed by atoms with Crippen LogP contribution in [0.2, 0.25) is 0 Å². The quantitative estimate of drug-likeness (QED) is 0.805. The van der Waals surface area contributed by atoms with Gasteiger partial charge in [0.25, 0.3) is 0 Å². The van der Waals surface area contributed by atoms with Crippen molar-refractivity contribution in [2.75, 3.05) is 5.73 Å². The summed E-state index contributed by atoms with van der Waals surface area (Å²) in [5.41, 5.74) is 0.0684. The molecule has 0 atom stereocenters. The molecule has 0 radical (unpaired) electrons. The summed E-state index contributed by atoms with van der Waals surface area (Å²) in [4.78, 5) is 0. The number of hydrogen-bond donors (Lipinski definition) is 1. The van der Waals surface area contributed by atoms with E-state index < -0.39 is 35.4 Å². The third kappa shape index (κ3) is 2.08. The Kier molecular flexibility index (Phi) is 3.00. The minimum atomic E-state index is -6.20. The van der Waals surface area contributed by atoms with Crippen molar-refractivity contribution in [1.29, 1.82) is 0 Å². The lowest BCUT2D eigenvalue weighted by molar-refractivity contribution is -0.292. The maximum absolute atomic E-state index is 12.9. The monoisotopic (exact) mass is 283 g/mol. The van der Waals surface area contributed by atoms with E-state index in [2.05, 4.69) is 5.10 Å². The summed E-state index contributed by atoms with van der Waals surface area (Å²) in [6.07, 6.45) is -11.7. The lowest BCUT2D eigenvalue weighted by Crippen LogP contribution is -2.36. The summed E-state index contributed by atoms with van der Waals surface area (Å²) in [7, 11) is 0.723. The molecule has 1 aromatic rings. The van der Waals surface area contributed by atoms with Crippen molar-refractivity contribution in [3.8, 4) is 0 Å². The van der Waals surface area contributed by atoms with Crippen LogP contribution in [0.1, 0.15) is 11.3 Å². The molecule has 3 nitrogen and oxygen atoms in total. The van der Waals surface area contributed by atoms with Crippen molar-refractivity contribution in [2.45, 2.75) is 18.3 Å². The summed E-state index contributed by atoms with van der Waals surface area (Å²) < 4.78 is 99.2. The van der Waals surface area contributed by atoms with E-state index in [4.69, 9.17) is 5.73 Å². The number of anilines is 1. The van der Waals surface area contributed by atoms with Gasteiger partial charge in [0.15, 0.2) is 5.69 Å². The number of aromatic nitrogens is 2. The van der Waals surface area contributed by atoms with E-state index in [9.17, 15) is 35.1 Å². The molecule has 1 rings (SSSR count). The van der Waals surface area contributed by atoms with Crippen LogP contribution in [0, 0.1) is 0 Å². The SMILES string of the molecule is Cn1nc(C(F)(F)C(F)(F)F)c(C(F)(F)F)c1N. The Balaban J connectivity index is 3.58. The van der Waals surface area contributed by atoms with Crippen LogP contribution < -0.4 is 5.73 Å². The summed E-state index contributed by atoms with van der Waals surface area (Å²) in [6.45, 7) is 0. The minimum absolute atomic E-state index is 0.109. The van der Waals surface area contributed by atoms with Crippen LogP contribution in [-0.4, -0.2) is 16.0 Å². The largest absolute Gasteiger partial charge is 0.459 e. The Labute approximate surface area is 94.2 Å². The van der Waals surface area contributed by atoms with Gasteiger partial charge in [0, 0.05) is 7.05 Å². The third-order valence-corrected chi connectivity index (χ3v) is 2.03. The number of nitrogens with zero attached hydrogens (tertiary/aromatic N) is 2. The first-order valence-corrected chi connectivity index (χ1v) is 4.14. The van der Waals surface area contributed by atoms with Gasteiger partial charge in [-0.3, -0.25) is 4.68 Å². The highest BCUT2D eigenvalue weighted by atomic mass is 19.4. The molecule has 0 saturated heterocycles. The van der Waals surface area contributed by atoms with E-state index in [0.29, 0.717) is 0 Å². The maximum atomic E-state index is 12.9. The van der Waals surface area contributed by atoms with Crippen molar-refractivity contribution in [2.24, 2.45) is 7.05 Å². The Morgan fingerprint density at radius 2 is 1.44 bits per heavy atom. The Bertz CT molecular complexity index is 454. The fourth-order valence-electron chi connectivity index (χ4n) is 1.17. The molecule has 0 aliphatic carbocycles. The minimum Gasteiger partial charge on any atom is -0.383 e. The van der Waals surface area contributed by atoms with E-state index >= 15 is 0 Å². The van der Waals surface area contributed by atoms with Crippen molar-refractivity contribution < 1.29 is 35.1 Å². The third-order valence-electron chi connectivity index (χ3n) is 2.03. The summed E-state index contributed by atoms with van der Waals surface area (Å²) in [5, 5.41) is 2.52. The number of rotatable bonds is 1. The number of alkyl halides is 8. The molecular weight excluding hydrogens is 278 g/mol. The number of nitrogen functional groups attached to an aromatic ring is 1. The van der Waals surface area contributed by atoms with Gasteiger partial charge in [-0.05, 0) is 0 Å². The first-order chi connectivity index (χ1) is 7.80. The van der Waals surface area contributed by atoms with Gasteiger partial charge in [0.2, 0.25) is 0 Å². The maximum Gasteiger partial charge on any atom is 0.459 e. The molecule has 0 unspecified atom stereocenters. The Morgan fingerprint density at radius 3 is 1.78 bits per heavy atom. The average Bonchev–Trinajstić information content (AvgIpc) is 2.40. The number of aryl methyl sites for hydroxylation is 1. The van der Waals surface area contributed by atoms with E-state index in [1.165, 1.54) is 0 Å². The fourth-order valence-corrected chi connectivity index (χ4v) is 1.17. The standard InChI is InChI=1S/C7H5F8N3/c1-18-4(16)2(6(10,11)12)3(17-18)5(8,9)7(13,14)15/h16H2,1H3. The molecule has 0 spiro atoms. The van der Waals surface area contributed by atoms with Gasteiger partial charge in [-0.2, -0.15) is 40.2 Å². The topological polar surface area (TPSA) is 43.8 Å². The van der Waals surface area contributed by atoms with Crippen molar-refractivity contribution >= 4 is 5.82 Å². The lowest BCUT2D eigenvalue weighted by Gasteiger charge is -2.19. The molecule has 1 aromatic heterocycles. The van der Waals surface area contributed by atoms with Crippen LogP contribution in [0.5, 0.6) is 0 Å². The van der Waals surface area contributed by atoms with Crippen LogP contribution in [0.25, 0.3) is 0 Å². The average molecular weight is 283 g/mol. The molecule has 0 aromatic carbocycles. The van der Waals surface area contributed by atoms with E-state index in [-0.39, 0.29) is 4.68 Å². The van der Waals surface area contributed by atoms with Gasteiger partial charge in [-0.1, -0.05) is 0 Å². The molecule has 11 heteroatoms. The van der Waals surface area contributed by atoms with Gasteiger partial charge in [-0.25, -0.2) is 0 Å². The van der Waals surface area contributed by atoms with Gasteiger partial charge in [0.05, 0.1) is 0 Å². The molecule has 0 bridgehead atoms. The molecule has 0 aliphatic heterocycles. The predicted molar refractivity (Wildman–Crippen MR) is 42.6 cm³/mol. The highest BCUT2D eigenvalue weighted by Gasteiger charge is 2.63. The molecule has 2 N–H and O–H groups in total. The normalized spacial score (nSPS) is 14.1. The molecule has 18 heavy (non-hydrogen) atoms. The highest BCUT2D eigenvalue weighted by Crippen LogP contribution is 2.48. The summed E-state index contributed by atoms with van der Waals surface area (Å²) in [5.74, 6) is -7.06. The Morgan fingerprint density at radius 1 is 1.00 bits per heavy atom. The second-order valence-electron chi connectivity index (χ2n) is 3.30. The van der Waals surface area contributed by atoms with Crippen LogP contribution >= 0.6 is 0 Å². The van der Waals surface area contributed by atoms with E-state index in [0.717, 1.165) is 7.05 Å². The van der Waals surface area contributed by atoms with Gasteiger partial charge < -0.3 is 5.73 Å².